The lowest BCUT2D eigenvalue weighted by Crippen LogP contribution is -2.59. The van der Waals surface area contributed by atoms with E-state index in [0.29, 0.717) is 29.0 Å². The number of aliphatic hydroxyl groups is 1. The van der Waals surface area contributed by atoms with Crippen molar-refractivity contribution in [3.63, 3.8) is 0 Å². The van der Waals surface area contributed by atoms with Crippen LogP contribution in [0.15, 0.2) is 42.6 Å². The van der Waals surface area contributed by atoms with Gasteiger partial charge in [0, 0.05) is 50.4 Å². The van der Waals surface area contributed by atoms with Crippen molar-refractivity contribution < 1.29 is 32.9 Å². The Morgan fingerprint density at radius 2 is 2.00 bits per heavy atom. The number of rotatable bonds is 9. The van der Waals surface area contributed by atoms with E-state index in [4.69, 9.17) is 14.2 Å². The molecule has 3 saturated heterocycles. The van der Waals surface area contributed by atoms with E-state index in [0.717, 1.165) is 43.4 Å². The first-order chi connectivity index (χ1) is 23.1. The topological polar surface area (TPSA) is 149 Å². The summed E-state index contributed by atoms with van der Waals surface area (Å²) >= 11 is 0. The fourth-order valence-corrected chi connectivity index (χ4v) is 6.22. The van der Waals surface area contributed by atoms with Gasteiger partial charge in [-0.05, 0) is 50.2 Å². The Labute approximate surface area is 277 Å². The van der Waals surface area contributed by atoms with Gasteiger partial charge in [0.05, 0.1) is 44.2 Å². The quantitative estimate of drug-likeness (QED) is 0.346. The number of benzene rings is 1. The number of pyridine rings is 1. The predicted octanol–water partition coefficient (Wildman–Crippen LogP) is 3.07. The summed E-state index contributed by atoms with van der Waals surface area (Å²) in [6.07, 6.45) is -1.52. The van der Waals surface area contributed by atoms with Crippen LogP contribution < -0.4 is 19.7 Å². The number of anilines is 3. The third-order valence-corrected chi connectivity index (χ3v) is 8.90. The monoisotopic (exact) mass is 664 g/mol. The highest BCUT2D eigenvalue weighted by atomic mass is 19.3. The van der Waals surface area contributed by atoms with Gasteiger partial charge in [0.1, 0.15) is 29.4 Å². The van der Waals surface area contributed by atoms with E-state index >= 15 is 0 Å². The molecule has 0 saturated carbocycles. The van der Waals surface area contributed by atoms with Gasteiger partial charge in [0.25, 0.3) is 5.91 Å². The Balaban J connectivity index is 1.13. The van der Waals surface area contributed by atoms with E-state index < -0.39 is 30.6 Å². The Bertz CT molecular complexity index is 1680. The number of ether oxygens (including phenoxy) is 3. The maximum absolute atomic E-state index is 14.9. The van der Waals surface area contributed by atoms with Crippen molar-refractivity contribution in [2.75, 3.05) is 63.3 Å². The van der Waals surface area contributed by atoms with Crippen molar-refractivity contribution in [2.24, 2.45) is 0 Å². The first kappa shape index (κ1) is 33.3. The van der Waals surface area contributed by atoms with Crippen LogP contribution >= 0.6 is 0 Å². The van der Waals surface area contributed by atoms with Gasteiger partial charge in [0.15, 0.2) is 6.10 Å². The number of methoxy groups -OCH3 is 1. The van der Waals surface area contributed by atoms with E-state index in [9.17, 15) is 23.9 Å². The normalized spacial score (nSPS) is 21.9. The van der Waals surface area contributed by atoms with Gasteiger partial charge < -0.3 is 34.4 Å². The Morgan fingerprint density at radius 3 is 2.67 bits per heavy atom. The van der Waals surface area contributed by atoms with Crippen molar-refractivity contribution in [3.05, 3.63) is 48.2 Å². The second-order valence-corrected chi connectivity index (χ2v) is 12.3. The number of likely N-dealkylation sites (tertiary alicyclic amines) is 1. The van der Waals surface area contributed by atoms with Gasteiger partial charge >= 0.3 is 5.92 Å². The third kappa shape index (κ3) is 6.96. The number of aliphatic hydroxyl groups excluding tert-OH is 1. The summed E-state index contributed by atoms with van der Waals surface area (Å²) < 4.78 is 46.5. The van der Waals surface area contributed by atoms with E-state index in [1.807, 2.05) is 18.2 Å². The smallest absolute Gasteiger partial charge is 0.301 e. The molecule has 0 spiro atoms. The fourth-order valence-electron chi connectivity index (χ4n) is 6.22. The minimum absolute atomic E-state index is 0.00203. The average Bonchev–Trinajstić information content (AvgIpc) is 3.04. The second kappa shape index (κ2) is 13.8. The van der Waals surface area contributed by atoms with Gasteiger partial charge in [-0.15, -0.1) is 0 Å². The molecule has 3 fully saturated rings. The highest BCUT2D eigenvalue weighted by Crippen LogP contribution is 2.35. The summed E-state index contributed by atoms with van der Waals surface area (Å²) in [6.45, 7) is 6.83. The van der Waals surface area contributed by atoms with Crippen LogP contribution in [-0.2, 0) is 9.53 Å². The van der Waals surface area contributed by atoms with Crippen LogP contribution in [0.25, 0.3) is 11.3 Å². The minimum Gasteiger partial charge on any atom is -0.483 e. The lowest BCUT2D eigenvalue weighted by Gasteiger charge is -2.46. The number of nitriles is 1. The zero-order chi connectivity index (χ0) is 34.0. The predicted molar refractivity (Wildman–Crippen MR) is 171 cm³/mol. The molecule has 0 radical (unpaired) electrons. The number of amides is 1. The summed E-state index contributed by atoms with van der Waals surface area (Å²) in [5.74, 6) is -2.93. The van der Waals surface area contributed by atoms with Crippen molar-refractivity contribution in [1.82, 2.24) is 24.8 Å². The van der Waals surface area contributed by atoms with E-state index in [2.05, 4.69) is 37.0 Å². The number of piperazine rings is 1. The molecule has 3 aliphatic heterocycles. The lowest BCUT2D eigenvalue weighted by atomic mass is 10.0. The van der Waals surface area contributed by atoms with E-state index in [1.165, 1.54) is 19.1 Å². The summed E-state index contributed by atoms with van der Waals surface area (Å²) in [5.41, 5.74) is 1.99. The number of aromatic nitrogens is 3. The standard InChI is InChI=1S/C33H38F2N8O5/c1-20-16-41(24-17-47-18-24)12-13-43(20)26-5-7-29(39-30(26)46-3)40-32-37-10-8-25(38-32)22-4-6-27(23(14-22)15-36)48-28-9-11-42(19-33(28,34)35)31(45)21(2)44/h4-8,10,14,20-21,24,28,44H,9,11-13,16-19H2,1-3H3,(H,37,38,39,40)/t20-,21-,28?/m1/s1. The maximum Gasteiger partial charge on any atom is 0.301 e. The number of nitrogens with zero attached hydrogens (tertiary/aromatic N) is 7. The molecule has 1 unspecified atom stereocenters. The summed E-state index contributed by atoms with van der Waals surface area (Å²) in [5, 5.41) is 22.5. The molecule has 2 aromatic heterocycles. The first-order valence-corrected chi connectivity index (χ1v) is 15.9. The van der Waals surface area contributed by atoms with Crippen LogP contribution in [-0.4, -0.2) is 119 Å². The zero-order valence-electron chi connectivity index (χ0n) is 27.0. The SMILES string of the molecule is COc1nc(Nc2nccc(-c3ccc(OC4CCN(C(=O)[C@@H](C)O)CC4(F)F)c(C#N)c3)n2)ccc1N1CCN(C2COC2)C[C@H]1C. The molecule has 3 aromatic rings. The molecule has 0 aliphatic carbocycles. The molecule has 1 aromatic carbocycles. The molecule has 0 bridgehead atoms. The maximum atomic E-state index is 14.9. The number of hydrogen-bond donors (Lipinski definition) is 2. The first-order valence-electron chi connectivity index (χ1n) is 15.9. The van der Waals surface area contributed by atoms with Crippen LogP contribution in [0.2, 0.25) is 0 Å². The van der Waals surface area contributed by atoms with Crippen LogP contribution in [0.5, 0.6) is 11.6 Å². The molecule has 2 N–H and O–H groups in total. The number of nitrogens with one attached hydrogen (secondary N) is 1. The number of hydrogen-bond acceptors (Lipinski definition) is 12. The molecule has 3 aliphatic rings. The third-order valence-electron chi connectivity index (χ3n) is 8.90. The molecule has 254 valence electrons. The van der Waals surface area contributed by atoms with Crippen molar-refractivity contribution in [1.29, 1.82) is 5.26 Å². The summed E-state index contributed by atoms with van der Waals surface area (Å²) in [4.78, 5) is 31.3. The number of carbonyl (C=O) groups excluding carboxylic acids is 1. The highest BCUT2D eigenvalue weighted by Gasteiger charge is 2.48. The molecular formula is C33H38F2N8O5. The molecule has 6 rings (SSSR count). The van der Waals surface area contributed by atoms with Crippen LogP contribution in [0, 0.1) is 11.3 Å². The van der Waals surface area contributed by atoms with Crippen LogP contribution in [0.1, 0.15) is 25.8 Å². The molecule has 13 nitrogen and oxygen atoms in total. The molecule has 15 heteroatoms. The molecule has 48 heavy (non-hydrogen) atoms. The van der Waals surface area contributed by atoms with E-state index in [1.54, 1.807) is 25.4 Å². The number of halogens is 2. The Hall–Kier alpha value is -4.65. The largest absolute Gasteiger partial charge is 0.483 e. The molecule has 5 heterocycles. The molecule has 3 atom stereocenters. The molecular weight excluding hydrogens is 626 g/mol. The van der Waals surface area contributed by atoms with Crippen molar-refractivity contribution >= 4 is 23.4 Å². The van der Waals surface area contributed by atoms with Crippen LogP contribution in [0.3, 0.4) is 0 Å². The fraction of sp³-hybridized carbons (Fsp3) is 0.485. The summed E-state index contributed by atoms with van der Waals surface area (Å²) in [6, 6.07) is 12.8. The molecule has 1 amide bonds. The lowest BCUT2D eigenvalue weighted by molar-refractivity contribution is -0.165. The summed E-state index contributed by atoms with van der Waals surface area (Å²) in [7, 11) is 1.59. The van der Waals surface area contributed by atoms with Gasteiger partial charge in [-0.3, -0.25) is 9.69 Å². The number of alkyl halides is 2. The van der Waals surface area contributed by atoms with Gasteiger partial charge in [-0.2, -0.15) is 10.2 Å². The van der Waals surface area contributed by atoms with Crippen molar-refractivity contribution in [3.8, 4) is 29.0 Å². The average molecular weight is 665 g/mol. The van der Waals surface area contributed by atoms with Crippen molar-refractivity contribution in [2.45, 2.75) is 50.5 Å². The zero-order valence-corrected chi connectivity index (χ0v) is 27.0. The Morgan fingerprint density at radius 1 is 1.19 bits per heavy atom. The second-order valence-electron chi connectivity index (χ2n) is 12.3. The number of carbonyl (C=O) groups is 1. The van der Waals surface area contributed by atoms with Gasteiger partial charge in [-0.25, -0.2) is 18.7 Å². The van der Waals surface area contributed by atoms with Gasteiger partial charge in [-0.1, -0.05) is 0 Å². The van der Waals surface area contributed by atoms with Crippen LogP contribution in [0.4, 0.5) is 26.2 Å². The number of piperidine rings is 1. The minimum atomic E-state index is -3.38. The Kier molecular flexibility index (Phi) is 9.58. The highest BCUT2D eigenvalue weighted by molar-refractivity contribution is 5.80. The van der Waals surface area contributed by atoms with Gasteiger partial charge in [0.2, 0.25) is 11.8 Å². The van der Waals surface area contributed by atoms with E-state index in [-0.39, 0.29) is 36.3 Å².